The number of nitrogens with two attached hydrogens (primary N) is 1. The summed E-state index contributed by atoms with van der Waals surface area (Å²) in [6, 6.07) is 8.60. The van der Waals surface area contributed by atoms with Crippen LogP contribution in [0, 0.1) is 25.2 Å². The lowest BCUT2D eigenvalue weighted by Gasteiger charge is -2.23. The standard InChI is InChI=1S/C15H23N3/c1-12-6-7-14(13(2)10-12)18(4)9-5-8-15(3,17)11-16/h6-7,10H,5,8-9,17H2,1-4H3. The fraction of sp³-hybridized carbons (Fsp3) is 0.533. The van der Waals surface area contributed by atoms with Crippen LogP contribution in [0.3, 0.4) is 0 Å². The van der Waals surface area contributed by atoms with Crippen molar-refractivity contribution >= 4 is 5.69 Å². The molecule has 0 aliphatic heterocycles. The van der Waals surface area contributed by atoms with E-state index in [0.29, 0.717) is 0 Å². The third kappa shape index (κ3) is 4.05. The van der Waals surface area contributed by atoms with Gasteiger partial charge in [0, 0.05) is 19.3 Å². The van der Waals surface area contributed by atoms with Gasteiger partial charge < -0.3 is 10.6 Å². The normalized spacial score (nSPS) is 13.8. The van der Waals surface area contributed by atoms with Gasteiger partial charge in [-0.2, -0.15) is 5.26 Å². The van der Waals surface area contributed by atoms with E-state index in [2.05, 4.69) is 50.1 Å². The first-order chi connectivity index (χ1) is 8.35. The third-order valence-electron chi connectivity index (χ3n) is 3.21. The Bertz CT molecular complexity index is 444. The van der Waals surface area contributed by atoms with Gasteiger partial charge in [-0.1, -0.05) is 17.7 Å². The van der Waals surface area contributed by atoms with Gasteiger partial charge in [-0.25, -0.2) is 0 Å². The molecule has 1 aromatic carbocycles. The van der Waals surface area contributed by atoms with E-state index in [9.17, 15) is 0 Å². The average molecular weight is 245 g/mol. The lowest BCUT2D eigenvalue weighted by atomic mass is 9.99. The number of anilines is 1. The summed E-state index contributed by atoms with van der Waals surface area (Å²) in [6.07, 6.45) is 1.64. The number of nitriles is 1. The summed E-state index contributed by atoms with van der Waals surface area (Å²) < 4.78 is 0. The number of hydrogen-bond acceptors (Lipinski definition) is 3. The molecule has 0 bridgehead atoms. The second-order valence-corrected chi connectivity index (χ2v) is 5.34. The van der Waals surface area contributed by atoms with E-state index in [1.165, 1.54) is 16.8 Å². The molecule has 0 saturated carbocycles. The van der Waals surface area contributed by atoms with Crippen LogP contribution in [0.1, 0.15) is 30.9 Å². The maximum atomic E-state index is 8.86. The molecule has 1 atom stereocenters. The predicted octanol–water partition coefficient (Wildman–Crippen LogP) is 2.76. The zero-order chi connectivity index (χ0) is 13.8. The van der Waals surface area contributed by atoms with Gasteiger partial charge in [-0.3, -0.25) is 0 Å². The number of nitrogens with zero attached hydrogens (tertiary/aromatic N) is 2. The Kier molecular flexibility index (Phi) is 4.75. The molecule has 0 saturated heterocycles. The molecule has 2 N–H and O–H groups in total. The van der Waals surface area contributed by atoms with Crippen molar-refractivity contribution in [2.24, 2.45) is 5.73 Å². The van der Waals surface area contributed by atoms with Gasteiger partial charge in [0.1, 0.15) is 5.54 Å². The highest BCUT2D eigenvalue weighted by Gasteiger charge is 2.16. The molecule has 1 unspecified atom stereocenters. The van der Waals surface area contributed by atoms with Gasteiger partial charge in [0.25, 0.3) is 0 Å². The van der Waals surface area contributed by atoms with Crippen molar-refractivity contribution in [2.75, 3.05) is 18.5 Å². The summed E-state index contributed by atoms with van der Waals surface area (Å²) in [5.74, 6) is 0. The Hall–Kier alpha value is -1.53. The SMILES string of the molecule is Cc1ccc(N(C)CCCC(C)(N)C#N)c(C)c1. The monoisotopic (exact) mass is 245 g/mol. The lowest BCUT2D eigenvalue weighted by molar-refractivity contribution is 0.522. The highest BCUT2D eigenvalue weighted by atomic mass is 15.1. The molecule has 1 aromatic rings. The molecule has 3 heteroatoms. The molecule has 0 heterocycles. The smallest absolute Gasteiger partial charge is 0.101 e. The van der Waals surface area contributed by atoms with Crippen LogP contribution in [-0.2, 0) is 0 Å². The first-order valence-corrected chi connectivity index (χ1v) is 6.34. The van der Waals surface area contributed by atoms with Gasteiger partial charge >= 0.3 is 0 Å². The molecule has 1 rings (SSSR count). The van der Waals surface area contributed by atoms with Crippen LogP contribution in [0.5, 0.6) is 0 Å². The van der Waals surface area contributed by atoms with Gasteiger partial charge in [-0.15, -0.1) is 0 Å². The number of benzene rings is 1. The minimum atomic E-state index is -0.705. The molecule has 0 aromatic heterocycles. The highest BCUT2D eigenvalue weighted by Crippen LogP contribution is 2.20. The minimum absolute atomic E-state index is 0.705. The van der Waals surface area contributed by atoms with Gasteiger partial charge in [-0.05, 0) is 45.2 Å². The van der Waals surface area contributed by atoms with Crippen LogP contribution < -0.4 is 10.6 Å². The zero-order valence-corrected chi connectivity index (χ0v) is 11.8. The van der Waals surface area contributed by atoms with Crippen LogP contribution >= 0.6 is 0 Å². The van der Waals surface area contributed by atoms with E-state index in [1.807, 2.05) is 0 Å². The van der Waals surface area contributed by atoms with Gasteiger partial charge in [0.2, 0.25) is 0 Å². The Morgan fingerprint density at radius 3 is 2.61 bits per heavy atom. The fourth-order valence-corrected chi connectivity index (χ4v) is 2.09. The average Bonchev–Trinajstić information content (AvgIpc) is 2.28. The predicted molar refractivity (Wildman–Crippen MR) is 76.6 cm³/mol. The van der Waals surface area contributed by atoms with E-state index < -0.39 is 5.54 Å². The Morgan fingerprint density at radius 2 is 2.06 bits per heavy atom. The molecule has 98 valence electrons. The maximum absolute atomic E-state index is 8.86. The van der Waals surface area contributed by atoms with Crippen molar-refractivity contribution in [1.82, 2.24) is 0 Å². The van der Waals surface area contributed by atoms with Crippen molar-refractivity contribution in [1.29, 1.82) is 5.26 Å². The molecule has 18 heavy (non-hydrogen) atoms. The second kappa shape index (κ2) is 5.88. The summed E-state index contributed by atoms with van der Waals surface area (Å²) in [6.45, 7) is 6.92. The molecular formula is C15H23N3. The molecule has 0 amide bonds. The molecule has 0 aliphatic carbocycles. The third-order valence-corrected chi connectivity index (χ3v) is 3.21. The Labute approximate surface area is 110 Å². The summed E-state index contributed by atoms with van der Waals surface area (Å²) >= 11 is 0. The lowest BCUT2D eigenvalue weighted by Crippen LogP contribution is -2.35. The van der Waals surface area contributed by atoms with Gasteiger partial charge in [0.05, 0.1) is 6.07 Å². The van der Waals surface area contributed by atoms with Crippen LogP contribution in [0.4, 0.5) is 5.69 Å². The highest BCUT2D eigenvalue weighted by molar-refractivity contribution is 5.53. The number of aryl methyl sites for hydroxylation is 2. The summed E-state index contributed by atoms with van der Waals surface area (Å²) in [5.41, 5.74) is 8.92. The van der Waals surface area contributed by atoms with Crippen LogP contribution in [0.25, 0.3) is 0 Å². The van der Waals surface area contributed by atoms with Crippen LogP contribution in [0.2, 0.25) is 0 Å². The molecular weight excluding hydrogens is 222 g/mol. The first kappa shape index (κ1) is 14.5. The summed E-state index contributed by atoms with van der Waals surface area (Å²) in [7, 11) is 2.08. The van der Waals surface area contributed by atoms with Crippen LogP contribution in [0.15, 0.2) is 18.2 Å². The topological polar surface area (TPSA) is 53.0 Å². The van der Waals surface area contributed by atoms with Crippen LogP contribution in [-0.4, -0.2) is 19.1 Å². The summed E-state index contributed by atoms with van der Waals surface area (Å²) in [4.78, 5) is 2.22. The van der Waals surface area contributed by atoms with Crippen molar-refractivity contribution < 1.29 is 0 Å². The van der Waals surface area contributed by atoms with E-state index >= 15 is 0 Å². The van der Waals surface area contributed by atoms with Crippen molar-refractivity contribution in [3.05, 3.63) is 29.3 Å². The fourth-order valence-electron chi connectivity index (χ4n) is 2.09. The van der Waals surface area contributed by atoms with Crippen molar-refractivity contribution in [2.45, 2.75) is 39.2 Å². The molecule has 0 fully saturated rings. The number of hydrogen-bond donors (Lipinski definition) is 1. The van der Waals surface area contributed by atoms with E-state index in [4.69, 9.17) is 11.0 Å². The van der Waals surface area contributed by atoms with Crippen molar-refractivity contribution in [3.63, 3.8) is 0 Å². The zero-order valence-electron chi connectivity index (χ0n) is 11.8. The Morgan fingerprint density at radius 1 is 1.39 bits per heavy atom. The summed E-state index contributed by atoms with van der Waals surface area (Å²) in [5, 5.41) is 8.86. The molecule has 3 nitrogen and oxygen atoms in total. The van der Waals surface area contributed by atoms with E-state index in [-0.39, 0.29) is 0 Å². The van der Waals surface area contributed by atoms with E-state index in [1.54, 1.807) is 6.92 Å². The molecule has 0 aliphatic rings. The van der Waals surface area contributed by atoms with Gasteiger partial charge in [0.15, 0.2) is 0 Å². The van der Waals surface area contributed by atoms with Crippen molar-refractivity contribution in [3.8, 4) is 6.07 Å². The quantitative estimate of drug-likeness (QED) is 0.867. The maximum Gasteiger partial charge on any atom is 0.101 e. The first-order valence-electron chi connectivity index (χ1n) is 6.34. The second-order valence-electron chi connectivity index (χ2n) is 5.34. The Balaban J connectivity index is 2.56. The minimum Gasteiger partial charge on any atom is -0.374 e. The number of rotatable bonds is 5. The molecule has 0 spiro atoms. The largest absolute Gasteiger partial charge is 0.374 e. The molecule has 0 radical (unpaired) electrons. The van der Waals surface area contributed by atoms with E-state index in [0.717, 1.165) is 19.4 Å².